The molecule has 1 aromatic carbocycles. The zero-order valence-electron chi connectivity index (χ0n) is 19.1. The number of likely N-dealkylation sites (tertiary alicyclic amines) is 1. The lowest BCUT2D eigenvalue weighted by Crippen LogP contribution is -2.31. The normalized spacial score (nSPS) is 14.1. The van der Waals surface area contributed by atoms with Crippen LogP contribution in [-0.2, 0) is 6.54 Å². The number of amides is 2. The quantitative estimate of drug-likeness (QED) is 0.412. The molecule has 4 rings (SSSR count). The third kappa shape index (κ3) is 7.05. The molecular formula is C25H32N6O2. The highest BCUT2D eigenvalue weighted by molar-refractivity contribution is 5.90. The third-order valence-corrected chi connectivity index (χ3v) is 5.71. The average molecular weight is 449 g/mol. The van der Waals surface area contributed by atoms with Crippen molar-refractivity contribution in [2.75, 3.05) is 36.8 Å². The number of aromatic nitrogens is 2. The molecule has 0 saturated carbocycles. The van der Waals surface area contributed by atoms with Crippen molar-refractivity contribution in [3.05, 3.63) is 60.3 Å². The van der Waals surface area contributed by atoms with Gasteiger partial charge < -0.3 is 25.3 Å². The fourth-order valence-corrected chi connectivity index (χ4v) is 3.95. The lowest BCUT2D eigenvalue weighted by molar-refractivity contribution is 0.228. The number of nitrogens with one attached hydrogen (secondary N) is 3. The molecule has 1 aliphatic heterocycles. The van der Waals surface area contributed by atoms with E-state index in [4.69, 9.17) is 4.42 Å². The van der Waals surface area contributed by atoms with Gasteiger partial charge in [-0.3, -0.25) is 0 Å². The molecule has 174 valence electrons. The molecule has 1 saturated heterocycles. The SMILES string of the molecule is Cc1ccc(CNC(=O)Nc2cccc(-c3cnc(NCCCN4CCCCC4)nc3)c2)o1. The molecule has 0 aliphatic carbocycles. The molecule has 1 fully saturated rings. The minimum atomic E-state index is -0.290. The molecule has 2 aromatic heterocycles. The van der Waals surface area contributed by atoms with Crippen molar-refractivity contribution in [2.45, 2.75) is 39.2 Å². The first kappa shape index (κ1) is 22.8. The van der Waals surface area contributed by atoms with Gasteiger partial charge in [-0.2, -0.15) is 0 Å². The lowest BCUT2D eigenvalue weighted by Gasteiger charge is -2.26. The van der Waals surface area contributed by atoms with Gasteiger partial charge in [0.15, 0.2) is 0 Å². The predicted molar refractivity (Wildman–Crippen MR) is 130 cm³/mol. The van der Waals surface area contributed by atoms with E-state index in [2.05, 4.69) is 30.8 Å². The largest absolute Gasteiger partial charge is 0.465 e. The van der Waals surface area contributed by atoms with Crippen LogP contribution in [0, 0.1) is 6.92 Å². The van der Waals surface area contributed by atoms with Crippen LogP contribution in [0.1, 0.15) is 37.2 Å². The number of carbonyl (C=O) groups excluding carboxylic acids is 1. The number of aryl methyl sites for hydroxylation is 1. The number of urea groups is 1. The Morgan fingerprint density at radius 3 is 2.64 bits per heavy atom. The summed E-state index contributed by atoms with van der Waals surface area (Å²) in [6, 6.07) is 11.1. The van der Waals surface area contributed by atoms with Crippen molar-refractivity contribution in [3.63, 3.8) is 0 Å². The first-order chi connectivity index (χ1) is 16.2. The molecule has 3 heterocycles. The Morgan fingerprint density at radius 1 is 1.06 bits per heavy atom. The van der Waals surface area contributed by atoms with E-state index in [9.17, 15) is 4.79 Å². The summed E-state index contributed by atoms with van der Waals surface area (Å²) >= 11 is 0. The van der Waals surface area contributed by atoms with Gasteiger partial charge in [0.1, 0.15) is 11.5 Å². The van der Waals surface area contributed by atoms with E-state index < -0.39 is 0 Å². The summed E-state index contributed by atoms with van der Waals surface area (Å²) in [5, 5.41) is 8.95. The average Bonchev–Trinajstić information content (AvgIpc) is 3.27. The first-order valence-electron chi connectivity index (χ1n) is 11.6. The predicted octanol–water partition coefficient (Wildman–Crippen LogP) is 4.65. The van der Waals surface area contributed by atoms with Crippen LogP contribution < -0.4 is 16.0 Å². The van der Waals surface area contributed by atoms with Crippen molar-refractivity contribution >= 4 is 17.7 Å². The second kappa shape index (κ2) is 11.5. The number of carbonyl (C=O) groups is 1. The number of rotatable bonds is 9. The van der Waals surface area contributed by atoms with Gasteiger partial charge in [0.25, 0.3) is 0 Å². The number of benzene rings is 1. The molecule has 8 heteroatoms. The molecule has 0 radical (unpaired) electrons. The number of hydrogen-bond donors (Lipinski definition) is 3. The Bertz CT molecular complexity index is 1030. The fourth-order valence-electron chi connectivity index (χ4n) is 3.95. The summed E-state index contributed by atoms with van der Waals surface area (Å²) in [5.41, 5.74) is 2.52. The smallest absolute Gasteiger partial charge is 0.319 e. The number of nitrogens with zero attached hydrogens (tertiary/aromatic N) is 3. The van der Waals surface area contributed by atoms with Crippen LogP contribution in [0.15, 0.2) is 53.2 Å². The van der Waals surface area contributed by atoms with E-state index in [0.717, 1.165) is 36.4 Å². The first-order valence-corrected chi connectivity index (χ1v) is 11.6. The highest BCUT2D eigenvalue weighted by atomic mass is 16.3. The van der Waals surface area contributed by atoms with Crippen molar-refractivity contribution in [1.29, 1.82) is 0 Å². The Morgan fingerprint density at radius 2 is 1.88 bits per heavy atom. The van der Waals surface area contributed by atoms with E-state index in [1.807, 2.05) is 43.3 Å². The number of furan rings is 1. The zero-order chi connectivity index (χ0) is 22.9. The number of hydrogen-bond acceptors (Lipinski definition) is 6. The van der Waals surface area contributed by atoms with Crippen LogP contribution in [-0.4, -0.2) is 47.1 Å². The Hall–Kier alpha value is -3.39. The summed E-state index contributed by atoms with van der Waals surface area (Å²) in [6.45, 7) is 6.65. The van der Waals surface area contributed by atoms with Gasteiger partial charge >= 0.3 is 6.03 Å². The van der Waals surface area contributed by atoms with Crippen LogP contribution in [0.5, 0.6) is 0 Å². The van der Waals surface area contributed by atoms with Gasteiger partial charge in [0.05, 0.1) is 6.54 Å². The zero-order valence-corrected chi connectivity index (χ0v) is 19.1. The lowest BCUT2D eigenvalue weighted by atomic mass is 10.1. The van der Waals surface area contributed by atoms with Gasteiger partial charge in [-0.15, -0.1) is 0 Å². The van der Waals surface area contributed by atoms with Crippen LogP contribution in [0.3, 0.4) is 0 Å². The standard InChI is InChI=1S/C25H32N6O2/c1-19-9-10-23(33-19)18-29-25(32)30-22-8-5-7-20(15-22)21-16-27-24(28-17-21)26-11-6-14-31-12-3-2-4-13-31/h5,7-10,15-17H,2-4,6,11-14,18H2,1H3,(H,26,27,28)(H2,29,30,32). The molecule has 33 heavy (non-hydrogen) atoms. The topological polar surface area (TPSA) is 95.3 Å². The van der Waals surface area contributed by atoms with Crippen molar-refractivity contribution in [1.82, 2.24) is 20.2 Å². The number of piperidine rings is 1. The van der Waals surface area contributed by atoms with Crippen LogP contribution in [0.25, 0.3) is 11.1 Å². The minimum Gasteiger partial charge on any atom is -0.465 e. The van der Waals surface area contributed by atoms with Gasteiger partial charge in [0.2, 0.25) is 5.95 Å². The summed E-state index contributed by atoms with van der Waals surface area (Å²) < 4.78 is 5.47. The van der Waals surface area contributed by atoms with Gasteiger partial charge in [-0.05, 0) is 75.6 Å². The summed E-state index contributed by atoms with van der Waals surface area (Å²) in [4.78, 5) is 23.6. The van der Waals surface area contributed by atoms with E-state index in [-0.39, 0.29) is 6.03 Å². The van der Waals surface area contributed by atoms with Gasteiger partial charge in [-0.1, -0.05) is 18.6 Å². The molecule has 0 unspecified atom stereocenters. The van der Waals surface area contributed by atoms with Crippen LogP contribution in [0.2, 0.25) is 0 Å². The maximum Gasteiger partial charge on any atom is 0.319 e. The van der Waals surface area contributed by atoms with Crippen LogP contribution in [0.4, 0.5) is 16.4 Å². The molecule has 0 bridgehead atoms. The Labute approximate surface area is 194 Å². The minimum absolute atomic E-state index is 0.290. The van der Waals surface area contributed by atoms with Gasteiger partial charge in [0, 0.05) is 30.2 Å². The van der Waals surface area contributed by atoms with Gasteiger partial charge in [-0.25, -0.2) is 14.8 Å². The number of anilines is 2. The molecule has 8 nitrogen and oxygen atoms in total. The van der Waals surface area contributed by atoms with Crippen LogP contribution >= 0.6 is 0 Å². The highest BCUT2D eigenvalue weighted by Crippen LogP contribution is 2.22. The monoisotopic (exact) mass is 448 g/mol. The van der Waals surface area contributed by atoms with Crippen molar-refractivity contribution in [2.24, 2.45) is 0 Å². The molecule has 0 spiro atoms. The van der Waals surface area contributed by atoms with Crippen molar-refractivity contribution < 1.29 is 9.21 Å². The fraction of sp³-hybridized carbons (Fsp3) is 0.400. The molecule has 3 aromatic rings. The maximum absolute atomic E-state index is 12.2. The highest BCUT2D eigenvalue weighted by Gasteiger charge is 2.09. The maximum atomic E-state index is 12.2. The van der Waals surface area contributed by atoms with E-state index >= 15 is 0 Å². The Kier molecular flexibility index (Phi) is 7.92. The molecule has 2 amide bonds. The Balaban J connectivity index is 1.24. The van der Waals surface area contributed by atoms with E-state index in [0.29, 0.717) is 23.9 Å². The third-order valence-electron chi connectivity index (χ3n) is 5.71. The van der Waals surface area contributed by atoms with Crippen molar-refractivity contribution in [3.8, 4) is 11.1 Å². The summed E-state index contributed by atoms with van der Waals surface area (Å²) in [5.74, 6) is 2.17. The molecule has 0 atom stereocenters. The van der Waals surface area contributed by atoms with E-state index in [1.165, 1.54) is 32.4 Å². The summed E-state index contributed by atoms with van der Waals surface area (Å²) in [6.07, 6.45) is 8.71. The second-order valence-corrected chi connectivity index (χ2v) is 8.38. The van der Waals surface area contributed by atoms with E-state index in [1.54, 1.807) is 12.4 Å². The molecular weight excluding hydrogens is 416 g/mol. The second-order valence-electron chi connectivity index (χ2n) is 8.38. The molecule has 1 aliphatic rings. The summed E-state index contributed by atoms with van der Waals surface area (Å²) in [7, 11) is 0. The molecule has 3 N–H and O–H groups in total.